The van der Waals surface area contributed by atoms with Crippen molar-refractivity contribution in [1.82, 2.24) is 0 Å². The predicted octanol–water partition coefficient (Wildman–Crippen LogP) is 1.31. The highest BCUT2D eigenvalue weighted by molar-refractivity contribution is 6.23. The van der Waals surface area contributed by atoms with Crippen LogP contribution in [0.5, 0.6) is 0 Å². The molecule has 2 bridgehead atoms. The van der Waals surface area contributed by atoms with Crippen molar-refractivity contribution in [3.8, 4) is 0 Å². The first-order chi connectivity index (χ1) is 11.1. The minimum Gasteiger partial charge on any atom is -0.462 e. The van der Waals surface area contributed by atoms with Crippen molar-refractivity contribution >= 4 is 23.5 Å². The molecule has 0 aliphatic carbocycles. The molecular formula is C17H15NO5. The molecule has 118 valence electrons. The second-order valence-corrected chi connectivity index (χ2v) is 5.78. The van der Waals surface area contributed by atoms with Crippen LogP contribution in [-0.2, 0) is 19.1 Å². The van der Waals surface area contributed by atoms with E-state index in [1.54, 1.807) is 25.1 Å². The first kappa shape index (κ1) is 14.1. The van der Waals surface area contributed by atoms with Crippen molar-refractivity contribution in [3.05, 3.63) is 42.0 Å². The Kier molecular flexibility index (Phi) is 3.09. The number of carbonyl (C=O) groups excluding carboxylic acids is 3. The van der Waals surface area contributed by atoms with Gasteiger partial charge in [-0.2, -0.15) is 0 Å². The fourth-order valence-electron chi connectivity index (χ4n) is 3.54. The van der Waals surface area contributed by atoms with Gasteiger partial charge in [-0.05, 0) is 25.1 Å². The van der Waals surface area contributed by atoms with Crippen molar-refractivity contribution in [2.24, 2.45) is 11.8 Å². The van der Waals surface area contributed by atoms with Crippen LogP contribution in [0, 0.1) is 11.8 Å². The molecule has 1 aromatic rings. The van der Waals surface area contributed by atoms with Gasteiger partial charge in [0.1, 0.15) is 0 Å². The lowest BCUT2D eigenvalue weighted by atomic mass is 9.85. The van der Waals surface area contributed by atoms with Crippen LogP contribution in [-0.4, -0.2) is 36.6 Å². The largest absolute Gasteiger partial charge is 0.462 e. The molecule has 6 heteroatoms. The maximum absolute atomic E-state index is 12.7. The van der Waals surface area contributed by atoms with E-state index in [0.717, 1.165) is 0 Å². The molecule has 6 nitrogen and oxygen atoms in total. The van der Waals surface area contributed by atoms with Crippen LogP contribution in [0.15, 0.2) is 36.4 Å². The van der Waals surface area contributed by atoms with E-state index in [9.17, 15) is 14.4 Å². The van der Waals surface area contributed by atoms with Gasteiger partial charge in [0.2, 0.25) is 11.8 Å². The number of fused-ring (bicyclic) bond motifs is 5. The molecular weight excluding hydrogens is 298 g/mol. The average molecular weight is 313 g/mol. The lowest BCUT2D eigenvalue weighted by Crippen LogP contribution is -2.34. The van der Waals surface area contributed by atoms with Crippen LogP contribution in [0.3, 0.4) is 0 Å². The van der Waals surface area contributed by atoms with Crippen molar-refractivity contribution in [3.63, 3.8) is 0 Å². The van der Waals surface area contributed by atoms with Crippen LogP contribution in [0.4, 0.5) is 5.69 Å². The summed E-state index contributed by atoms with van der Waals surface area (Å²) in [6.45, 7) is 1.99. The number of imide groups is 1. The normalized spacial score (nSPS) is 30.9. The molecule has 0 unspecified atom stereocenters. The second-order valence-electron chi connectivity index (χ2n) is 5.78. The van der Waals surface area contributed by atoms with E-state index in [4.69, 9.17) is 9.47 Å². The quantitative estimate of drug-likeness (QED) is 0.478. The summed E-state index contributed by atoms with van der Waals surface area (Å²) in [6.07, 6.45) is 3.05. The number of esters is 1. The summed E-state index contributed by atoms with van der Waals surface area (Å²) in [6, 6.07) is 6.40. The summed E-state index contributed by atoms with van der Waals surface area (Å²) >= 11 is 0. The summed E-state index contributed by atoms with van der Waals surface area (Å²) in [4.78, 5) is 38.4. The molecule has 3 aliphatic heterocycles. The monoisotopic (exact) mass is 313 g/mol. The van der Waals surface area contributed by atoms with E-state index in [1.165, 1.54) is 11.0 Å². The molecule has 2 amide bonds. The van der Waals surface area contributed by atoms with Crippen molar-refractivity contribution in [2.45, 2.75) is 19.1 Å². The Labute approximate surface area is 132 Å². The molecule has 2 fully saturated rings. The van der Waals surface area contributed by atoms with Gasteiger partial charge in [-0.25, -0.2) is 9.69 Å². The molecule has 3 aliphatic rings. The van der Waals surface area contributed by atoms with Gasteiger partial charge in [0.05, 0.1) is 41.9 Å². The highest BCUT2D eigenvalue weighted by Gasteiger charge is 2.61. The SMILES string of the molecule is CCOC(=O)c1cccc(N2C(=O)[C@@H]3[C@@H](C2=O)[C@H]2C=C[C@H]3O2)c1. The van der Waals surface area contributed by atoms with Gasteiger partial charge in [-0.1, -0.05) is 18.2 Å². The van der Waals surface area contributed by atoms with E-state index in [2.05, 4.69) is 0 Å². The Hall–Kier alpha value is -2.47. The van der Waals surface area contributed by atoms with Crippen LogP contribution < -0.4 is 4.90 Å². The Balaban J connectivity index is 1.67. The number of anilines is 1. The van der Waals surface area contributed by atoms with Gasteiger partial charge < -0.3 is 9.47 Å². The molecule has 4 atom stereocenters. The molecule has 0 spiro atoms. The maximum Gasteiger partial charge on any atom is 0.338 e. The number of benzene rings is 1. The number of amides is 2. The molecule has 2 saturated heterocycles. The van der Waals surface area contributed by atoms with E-state index in [-0.39, 0.29) is 30.6 Å². The maximum atomic E-state index is 12.7. The van der Waals surface area contributed by atoms with Gasteiger partial charge in [0.15, 0.2) is 0 Å². The minimum absolute atomic E-state index is 0.265. The molecule has 1 aromatic carbocycles. The number of rotatable bonds is 3. The van der Waals surface area contributed by atoms with Crippen LogP contribution in [0.25, 0.3) is 0 Å². The molecule has 0 aromatic heterocycles. The second kappa shape index (κ2) is 5.03. The Morgan fingerprint density at radius 1 is 1.17 bits per heavy atom. The number of carbonyl (C=O) groups is 3. The third-order valence-electron chi connectivity index (χ3n) is 4.53. The van der Waals surface area contributed by atoms with Crippen molar-refractivity contribution < 1.29 is 23.9 Å². The zero-order chi connectivity index (χ0) is 16.1. The highest BCUT2D eigenvalue weighted by atomic mass is 16.5. The minimum atomic E-state index is -0.473. The van der Waals surface area contributed by atoms with Gasteiger partial charge >= 0.3 is 5.97 Å². The summed E-state index contributed by atoms with van der Waals surface area (Å²) < 4.78 is 10.6. The standard InChI is InChI=1S/C17H15NO5/c1-2-22-17(21)9-4-3-5-10(8-9)18-15(19)13-11-6-7-12(23-11)14(13)16(18)20/h3-8,11-14H,2H2,1H3/t11-,12-,13+,14+/m1/s1. The first-order valence-corrected chi connectivity index (χ1v) is 7.60. The van der Waals surface area contributed by atoms with Crippen LogP contribution >= 0.6 is 0 Å². The molecule has 0 N–H and O–H groups in total. The number of hydrogen-bond acceptors (Lipinski definition) is 5. The number of nitrogens with zero attached hydrogens (tertiary/aromatic N) is 1. The lowest BCUT2D eigenvalue weighted by Gasteiger charge is -2.18. The first-order valence-electron chi connectivity index (χ1n) is 7.60. The third-order valence-corrected chi connectivity index (χ3v) is 4.53. The van der Waals surface area contributed by atoms with Crippen LogP contribution in [0.1, 0.15) is 17.3 Å². The summed E-state index contributed by atoms with van der Waals surface area (Å²) in [5.41, 5.74) is 0.721. The van der Waals surface area contributed by atoms with Crippen molar-refractivity contribution in [1.29, 1.82) is 0 Å². The van der Waals surface area contributed by atoms with Gasteiger partial charge in [-0.15, -0.1) is 0 Å². The molecule has 23 heavy (non-hydrogen) atoms. The van der Waals surface area contributed by atoms with Gasteiger partial charge in [-0.3, -0.25) is 9.59 Å². The highest BCUT2D eigenvalue weighted by Crippen LogP contribution is 2.46. The third kappa shape index (κ3) is 1.95. The van der Waals surface area contributed by atoms with Crippen LogP contribution in [0.2, 0.25) is 0 Å². The zero-order valence-corrected chi connectivity index (χ0v) is 12.5. The Morgan fingerprint density at radius 2 is 1.83 bits per heavy atom. The summed E-state index contributed by atoms with van der Waals surface area (Å²) in [5, 5.41) is 0. The van der Waals surface area contributed by atoms with E-state index < -0.39 is 17.8 Å². The van der Waals surface area contributed by atoms with E-state index in [1.807, 2.05) is 12.2 Å². The average Bonchev–Trinajstić information content (AvgIpc) is 3.22. The van der Waals surface area contributed by atoms with Gasteiger partial charge in [0.25, 0.3) is 0 Å². The molecule has 0 radical (unpaired) electrons. The Morgan fingerprint density at radius 3 is 2.43 bits per heavy atom. The Bertz CT molecular complexity index is 710. The smallest absolute Gasteiger partial charge is 0.338 e. The van der Waals surface area contributed by atoms with E-state index in [0.29, 0.717) is 11.3 Å². The number of hydrogen-bond donors (Lipinski definition) is 0. The zero-order valence-electron chi connectivity index (χ0n) is 12.5. The fourth-order valence-corrected chi connectivity index (χ4v) is 3.54. The topological polar surface area (TPSA) is 72.9 Å². The molecule has 0 saturated carbocycles. The van der Waals surface area contributed by atoms with Gasteiger partial charge in [0, 0.05) is 0 Å². The summed E-state index contributed by atoms with van der Waals surface area (Å²) in [7, 11) is 0. The fraction of sp³-hybridized carbons (Fsp3) is 0.353. The molecule has 3 heterocycles. The lowest BCUT2D eigenvalue weighted by molar-refractivity contribution is -0.124. The summed E-state index contributed by atoms with van der Waals surface area (Å²) in [5.74, 6) is -1.91. The predicted molar refractivity (Wildman–Crippen MR) is 79.7 cm³/mol. The van der Waals surface area contributed by atoms with Crippen molar-refractivity contribution in [2.75, 3.05) is 11.5 Å². The van der Waals surface area contributed by atoms with E-state index >= 15 is 0 Å². The molecule has 4 rings (SSSR count). The number of ether oxygens (including phenoxy) is 2.